The van der Waals surface area contributed by atoms with E-state index in [2.05, 4.69) is 25.1 Å². The van der Waals surface area contributed by atoms with Crippen molar-refractivity contribution in [3.8, 4) is 11.5 Å². The lowest BCUT2D eigenvalue weighted by Crippen LogP contribution is -3.13. The first-order chi connectivity index (χ1) is 13.1. The molecule has 0 aliphatic carbocycles. The van der Waals surface area contributed by atoms with Gasteiger partial charge in [0.1, 0.15) is 6.54 Å². The number of ether oxygens (including phenoxy) is 2. The first-order valence-corrected chi connectivity index (χ1v) is 9.47. The predicted molar refractivity (Wildman–Crippen MR) is 105 cm³/mol. The van der Waals surface area contributed by atoms with E-state index in [-0.39, 0.29) is 5.91 Å². The molecule has 3 rings (SSSR count). The molecule has 1 heterocycles. The van der Waals surface area contributed by atoms with Crippen molar-refractivity contribution in [3.63, 3.8) is 0 Å². The standard InChI is InChI=1S/C22H28N2O3/c1-17-4-6-18(7-5-17)15-22(25)24-12-10-23(11-13-24)16-19-8-9-20(26-2)21(14-19)27-3/h4-9,14H,10-13,15-16H2,1-3H3/p+1. The van der Waals surface area contributed by atoms with Crippen molar-refractivity contribution in [2.45, 2.75) is 19.9 Å². The van der Waals surface area contributed by atoms with Crippen LogP contribution in [0.3, 0.4) is 0 Å². The van der Waals surface area contributed by atoms with Crippen molar-refractivity contribution in [1.29, 1.82) is 0 Å². The average molecular weight is 369 g/mol. The molecule has 2 aromatic carbocycles. The van der Waals surface area contributed by atoms with E-state index in [0.29, 0.717) is 6.42 Å². The summed E-state index contributed by atoms with van der Waals surface area (Å²) in [6.45, 7) is 6.55. The molecule has 1 saturated heterocycles. The minimum absolute atomic E-state index is 0.226. The molecule has 0 atom stereocenters. The van der Waals surface area contributed by atoms with E-state index in [4.69, 9.17) is 9.47 Å². The molecule has 0 saturated carbocycles. The van der Waals surface area contributed by atoms with Crippen LogP contribution in [0.5, 0.6) is 11.5 Å². The van der Waals surface area contributed by atoms with Gasteiger partial charge in [-0.05, 0) is 30.7 Å². The van der Waals surface area contributed by atoms with Gasteiger partial charge in [-0.15, -0.1) is 0 Å². The quantitative estimate of drug-likeness (QED) is 0.839. The fourth-order valence-electron chi connectivity index (χ4n) is 3.52. The van der Waals surface area contributed by atoms with Crippen molar-refractivity contribution in [3.05, 3.63) is 59.2 Å². The van der Waals surface area contributed by atoms with Crippen LogP contribution < -0.4 is 14.4 Å². The molecule has 5 nitrogen and oxygen atoms in total. The largest absolute Gasteiger partial charge is 0.493 e. The Kier molecular flexibility index (Phi) is 6.35. The van der Waals surface area contributed by atoms with Gasteiger partial charge in [-0.3, -0.25) is 4.79 Å². The number of rotatable bonds is 6. The number of hydrogen-bond acceptors (Lipinski definition) is 3. The van der Waals surface area contributed by atoms with E-state index >= 15 is 0 Å². The number of carbonyl (C=O) groups is 1. The Hall–Kier alpha value is -2.53. The molecule has 144 valence electrons. The fourth-order valence-corrected chi connectivity index (χ4v) is 3.52. The second kappa shape index (κ2) is 8.91. The number of nitrogens with zero attached hydrogens (tertiary/aromatic N) is 1. The van der Waals surface area contributed by atoms with Gasteiger partial charge in [0.2, 0.25) is 5.91 Å². The van der Waals surface area contributed by atoms with Crippen LogP contribution in [-0.2, 0) is 17.8 Å². The molecule has 0 aromatic heterocycles. The smallest absolute Gasteiger partial charge is 0.227 e. The summed E-state index contributed by atoms with van der Waals surface area (Å²) in [6.07, 6.45) is 0.491. The topological polar surface area (TPSA) is 43.2 Å². The highest BCUT2D eigenvalue weighted by atomic mass is 16.5. The summed E-state index contributed by atoms with van der Waals surface area (Å²) in [5.74, 6) is 1.74. The summed E-state index contributed by atoms with van der Waals surface area (Å²) < 4.78 is 10.7. The summed E-state index contributed by atoms with van der Waals surface area (Å²) in [5, 5.41) is 0. The maximum Gasteiger partial charge on any atom is 0.227 e. The SMILES string of the molecule is COc1ccc(C[NH+]2CCN(C(=O)Cc3ccc(C)cc3)CC2)cc1OC. The molecule has 27 heavy (non-hydrogen) atoms. The van der Waals surface area contributed by atoms with Gasteiger partial charge in [0.05, 0.1) is 46.8 Å². The van der Waals surface area contributed by atoms with Gasteiger partial charge in [0.25, 0.3) is 0 Å². The number of nitrogens with one attached hydrogen (secondary N) is 1. The number of piperazine rings is 1. The van der Waals surface area contributed by atoms with E-state index in [1.807, 2.05) is 29.2 Å². The maximum atomic E-state index is 12.6. The minimum atomic E-state index is 0.226. The number of methoxy groups -OCH3 is 2. The molecule has 5 heteroatoms. The Labute approximate surface area is 161 Å². The molecule has 1 N–H and O–H groups in total. The first-order valence-electron chi connectivity index (χ1n) is 9.47. The van der Waals surface area contributed by atoms with Crippen LogP contribution in [0.25, 0.3) is 0 Å². The monoisotopic (exact) mass is 369 g/mol. The van der Waals surface area contributed by atoms with Crippen molar-refractivity contribution in [2.24, 2.45) is 0 Å². The number of quaternary nitrogens is 1. The molecule has 0 unspecified atom stereocenters. The summed E-state index contributed by atoms with van der Waals surface area (Å²) in [5.41, 5.74) is 3.53. The second-order valence-corrected chi connectivity index (χ2v) is 7.16. The summed E-state index contributed by atoms with van der Waals surface area (Å²) in [4.78, 5) is 16.0. The van der Waals surface area contributed by atoms with Gasteiger partial charge in [-0.25, -0.2) is 0 Å². The van der Waals surface area contributed by atoms with Crippen molar-refractivity contribution in [1.82, 2.24) is 4.90 Å². The third-order valence-corrected chi connectivity index (χ3v) is 5.20. The Morgan fingerprint density at radius 3 is 2.22 bits per heavy atom. The zero-order valence-corrected chi connectivity index (χ0v) is 16.5. The zero-order chi connectivity index (χ0) is 19.2. The molecule has 2 aromatic rings. The third kappa shape index (κ3) is 5.01. The fraction of sp³-hybridized carbons (Fsp3) is 0.409. The number of benzene rings is 2. The van der Waals surface area contributed by atoms with Gasteiger partial charge in [0.15, 0.2) is 11.5 Å². The normalized spacial score (nSPS) is 14.9. The van der Waals surface area contributed by atoms with Gasteiger partial charge >= 0.3 is 0 Å². The van der Waals surface area contributed by atoms with Gasteiger partial charge in [-0.1, -0.05) is 29.8 Å². The van der Waals surface area contributed by atoms with Crippen molar-refractivity contribution in [2.75, 3.05) is 40.4 Å². The highest BCUT2D eigenvalue weighted by Crippen LogP contribution is 2.27. The summed E-state index contributed by atoms with van der Waals surface area (Å²) in [7, 11) is 3.31. The van der Waals surface area contributed by atoms with E-state index in [1.165, 1.54) is 16.0 Å². The highest BCUT2D eigenvalue weighted by Gasteiger charge is 2.24. The molecule has 1 aliphatic rings. The summed E-state index contributed by atoms with van der Waals surface area (Å²) >= 11 is 0. The molecule has 1 fully saturated rings. The molecule has 1 amide bonds. The second-order valence-electron chi connectivity index (χ2n) is 7.16. The predicted octanol–water partition coefficient (Wildman–Crippen LogP) is 1.48. The van der Waals surface area contributed by atoms with E-state index in [1.54, 1.807) is 14.2 Å². The minimum Gasteiger partial charge on any atom is -0.493 e. The number of carbonyl (C=O) groups excluding carboxylic acids is 1. The summed E-state index contributed by atoms with van der Waals surface area (Å²) in [6, 6.07) is 14.3. The molecule has 1 aliphatic heterocycles. The van der Waals surface area contributed by atoms with Gasteiger partial charge < -0.3 is 19.3 Å². The Balaban J connectivity index is 1.51. The van der Waals surface area contributed by atoms with Crippen LogP contribution in [0, 0.1) is 6.92 Å². The number of hydrogen-bond donors (Lipinski definition) is 1. The zero-order valence-electron chi connectivity index (χ0n) is 16.5. The van der Waals surface area contributed by atoms with Crippen LogP contribution in [0.1, 0.15) is 16.7 Å². The number of amides is 1. The molecule has 0 spiro atoms. The molecular weight excluding hydrogens is 340 g/mol. The van der Waals surface area contributed by atoms with Gasteiger partial charge in [0, 0.05) is 5.56 Å². The maximum absolute atomic E-state index is 12.6. The lowest BCUT2D eigenvalue weighted by molar-refractivity contribution is -0.917. The Bertz CT molecular complexity index is 766. The number of aryl methyl sites for hydroxylation is 1. The third-order valence-electron chi connectivity index (χ3n) is 5.20. The molecule has 0 bridgehead atoms. The average Bonchev–Trinajstić information content (AvgIpc) is 2.70. The van der Waals surface area contributed by atoms with E-state index < -0.39 is 0 Å². The van der Waals surface area contributed by atoms with Crippen LogP contribution in [0.4, 0.5) is 0 Å². The lowest BCUT2D eigenvalue weighted by Gasteiger charge is -2.32. The highest BCUT2D eigenvalue weighted by molar-refractivity contribution is 5.78. The van der Waals surface area contributed by atoms with Crippen LogP contribution in [-0.4, -0.2) is 51.2 Å². The van der Waals surface area contributed by atoms with Crippen LogP contribution in [0.2, 0.25) is 0 Å². The lowest BCUT2D eigenvalue weighted by atomic mass is 10.1. The molecular formula is C22H29N2O3+. The van der Waals surface area contributed by atoms with E-state index in [0.717, 1.165) is 49.8 Å². The van der Waals surface area contributed by atoms with Crippen LogP contribution in [0.15, 0.2) is 42.5 Å². The molecule has 0 radical (unpaired) electrons. The van der Waals surface area contributed by atoms with Crippen molar-refractivity contribution < 1.29 is 19.2 Å². The van der Waals surface area contributed by atoms with Crippen LogP contribution >= 0.6 is 0 Å². The Morgan fingerprint density at radius 2 is 1.59 bits per heavy atom. The first kappa shape index (κ1) is 19.2. The van der Waals surface area contributed by atoms with E-state index in [9.17, 15) is 4.79 Å². The van der Waals surface area contributed by atoms with Gasteiger partial charge in [-0.2, -0.15) is 0 Å². The Morgan fingerprint density at radius 1 is 0.963 bits per heavy atom. The van der Waals surface area contributed by atoms with Crippen molar-refractivity contribution >= 4 is 5.91 Å².